The summed E-state index contributed by atoms with van der Waals surface area (Å²) >= 11 is 5.70. The number of hydrogen-bond acceptors (Lipinski definition) is 4. The molecule has 6 nitrogen and oxygen atoms in total. The monoisotopic (exact) mass is 310 g/mol. The summed E-state index contributed by atoms with van der Waals surface area (Å²) in [5, 5.41) is 0. The van der Waals surface area contributed by atoms with Gasteiger partial charge in [0.2, 0.25) is 6.23 Å². The van der Waals surface area contributed by atoms with Gasteiger partial charge in [0.25, 0.3) is 11.5 Å². The molecule has 0 aromatic carbocycles. The molecule has 1 saturated heterocycles. The lowest BCUT2D eigenvalue weighted by Crippen LogP contribution is -2.38. The number of halogens is 3. The summed E-state index contributed by atoms with van der Waals surface area (Å²) in [4.78, 5) is 24.5. The van der Waals surface area contributed by atoms with E-state index in [1.165, 1.54) is 7.11 Å². The lowest BCUT2D eigenvalue weighted by molar-refractivity contribution is -0.141. The van der Waals surface area contributed by atoms with E-state index in [0.29, 0.717) is 4.57 Å². The molecule has 1 aromatic heterocycles. The SMILES string of the molecule is COCC1(CCl)CC(F)(F)C(n2ccc(=O)[nH]c2=O)O1. The maximum atomic E-state index is 14.1. The molecule has 0 amide bonds. The van der Waals surface area contributed by atoms with Gasteiger partial charge >= 0.3 is 5.69 Å². The fourth-order valence-electron chi connectivity index (χ4n) is 2.22. The summed E-state index contributed by atoms with van der Waals surface area (Å²) in [6, 6.07) is 0.970. The van der Waals surface area contributed by atoms with E-state index in [0.717, 1.165) is 12.3 Å². The smallest absolute Gasteiger partial charge is 0.330 e. The lowest BCUT2D eigenvalue weighted by atomic mass is 10.0. The van der Waals surface area contributed by atoms with Gasteiger partial charge in [0.15, 0.2) is 0 Å². The summed E-state index contributed by atoms with van der Waals surface area (Å²) in [6.07, 6.45) is -1.54. The summed E-state index contributed by atoms with van der Waals surface area (Å²) in [7, 11) is 1.34. The van der Waals surface area contributed by atoms with Crippen LogP contribution in [0.15, 0.2) is 21.9 Å². The third kappa shape index (κ3) is 2.63. The zero-order valence-corrected chi connectivity index (χ0v) is 11.3. The van der Waals surface area contributed by atoms with Crippen LogP contribution in [0.5, 0.6) is 0 Å². The second-order valence-electron chi connectivity index (χ2n) is 4.68. The zero-order chi connectivity index (χ0) is 15.0. The Balaban J connectivity index is 2.41. The van der Waals surface area contributed by atoms with Crippen LogP contribution in [0.25, 0.3) is 0 Å². The molecule has 0 bridgehead atoms. The number of alkyl halides is 3. The third-order valence-corrected chi connectivity index (χ3v) is 3.52. The first-order chi connectivity index (χ1) is 9.33. The van der Waals surface area contributed by atoms with Crippen LogP contribution in [0.4, 0.5) is 8.78 Å². The molecule has 1 aliphatic rings. The molecule has 0 radical (unpaired) electrons. The molecule has 1 fully saturated rings. The highest BCUT2D eigenvalue weighted by atomic mass is 35.5. The molecule has 1 aromatic rings. The predicted octanol–water partition coefficient (Wildman–Crippen LogP) is 0.715. The number of aromatic nitrogens is 2. The molecule has 2 unspecified atom stereocenters. The second-order valence-corrected chi connectivity index (χ2v) is 4.94. The molecule has 20 heavy (non-hydrogen) atoms. The molecule has 112 valence electrons. The highest BCUT2D eigenvalue weighted by molar-refractivity contribution is 6.18. The van der Waals surface area contributed by atoms with Crippen molar-refractivity contribution in [3.63, 3.8) is 0 Å². The standard InChI is InChI=1S/C11H13ClF2N2O4/c1-19-6-10(5-12)4-11(13,14)8(20-10)16-3-2-7(17)15-9(16)18/h2-3,8H,4-6H2,1H3,(H,15,17,18). The van der Waals surface area contributed by atoms with E-state index in [1.54, 1.807) is 0 Å². The third-order valence-electron chi connectivity index (χ3n) is 3.04. The quantitative estimate of drug-likeness (QED) is 0.832. The second kappa shape index (κ2) is 5.27. The van der Waals surface area contributed by atoms with Crippen molar-refractivity contribution in [2.75, 3.05) is 19.6 Å². The number of nitrogens with zero attached hydrogens (tertiary/aromatic N) is 1. The van der Waals surface area contributed by atoms with Crippen LogP contribution in [0.1, 0.15) is 12.6 Å². The minimum absolute atomic E-state index is 0.124. The van der Waals surface area contributed by atoms with Gasteiger partial charge in [0, 0.05) is 25.8 Å². The summed E-state index contributed by atoms with van der Waals surface area (Å²) < 4.78 is 39.0. The number of methoxy groups -OCH3 is 1. The number of hydrogen-bond donors (Lipinski definition) is 1. The Morgan fingerprint density at radius 2 is 2.30 bits per heavy atom. The molecule has 0 saturated carbocycles. The summed E-state index contributed by atoms with van der Waals surface area (Å²) in [6.45, 7) is -0.124. The maximum Gasteiger partial charge on any atom is 0.330 e. The Labute approximate surface area is 117 Å². The van der Waals surface area contributed by atoms with Crippen molar-refractivity contribution in [3.8, 4) is 0 Å². The first kappa shape index (κ1) is 15.1. The summed E-state index contributed by atoms with van der Waals surface area (Å²) in [5.74, 6) is -3.51. The lowest BCUT2D eigenvalue weighted by Gasteiger charge is -2.25. The fraction of sp³-hybridized carbons (Fsp3) is 0.636. The highest BCUT2D eigenvalue weighted by Crippen LogP contribution is 2.47. The molecule has 1 aliphatic heterocycles. The van der Waals surface area contributed by atoms with Gasteiger partial charge < -0.3 is 9.47 Å². The average Bonchev–Trinajstić information content (AvgIpc) is 2.62. The van der Waals surface area contributed by atoms with Crippen LogP contribution < -0.4 is 11.2 Å². The van der Waals surface area contributed by atoms with E-state index >= 15 is 0 Å². The number of ether oxygens (including phenoxy) is 2. The Morgan fingerprint density at radius 3 is 2.85 bits per heavy atom. The van der Waals surface area contributed by atoms with Gasteiger partial charge in [-0.05, 0) is 0 Å². The van der Waals surface area contributed by atoms with E-state index < -0.39 is 35.4 Å². The molecule has 0 aliphatic carbocycles. The molecular weight excluding hydrogens is 298 g/mol. The van der Waals surface area contributed by atoms with E-state index in [4.69, 9.17) is 21.1 Å². The molecule has 0 spiro atoms. The topological polar surface area (TPSA) is 73.3 Å². The van der Waals surface area contributed by atoms with Gasteiger partial charge in [-0.25, -0.2) is 13.6 Å². The molecule has 2 rings (SSSR count). The zero-order valence-electron chi connectivity index (χ0n) is 10.6. The molecule has 1 N–H and O–H groups in total. The molecule has 2 atom stereocenters. The van der Waals surface area contributed by atoms with Gasteiger partial charge in [0.05, 0.1) is 12.5 Å². The first-order valence-corrected chi connectivity index (χ1v) is 6.29. The number of H-pyrrole nitrogens is 1. The van der Waals surface area contributed by atoms with Crippen molar-refractivity contribution in [2.45, 2.75) is 24.2 Å². The van der Waals surface area contributed by atoms with Crippen LogP contribution in [-0.2, 0) is 9.47 Å². The van der Waals surface area contributed by atoms with Gasteiger partial charge in [-0.15, -0.1) is 11.6 Å². The maximum absolute atomic E-state index is 14.1. The molecular formula is C11H13ClF2N2O4. The number of nitrogens with one attached hydrogen (secondary N) is 1. The van der Waals surface area contributed by atoms with E-state index in [2.05, 4.69) is 0 Å². The van der Waals surface area contributed by atoms with Crippen molar-refractivity contribution in [1.29, 1.82) is 0 Å². The van der Waals surface area contributed by atoms with Gasteiger partial charge in [-0.1, -0.05) is 0 Å². The first-order valence-electron chi connectivity index (χ1n) is 5.76. The van der Waals surface area contributed by atoms with Crippen molar-refractivity contribution >= 4 is 11.6 Å². The van der Waals surface area contributed by atoms with Gasteiger partial charge in [-0.3, -0.25) is 14.3 Å². The van der Waals surface area contributed by atoms with Crippen LogP contribution in [0, 0.1) is 0 Å². The Kier molecular flexibility index (Phi) is 3.99. The van der Waals surface area contributed by atoms with Crippen LogP contribution in [-0.4, -0.2) is 40.7 Å². The van der Waals surface area contributed by atoms with E-state index in [1.807, 2.05) is 4.98 Å². The van der Waals surface area contributed by atoms with E-state index in [-0.39, 0.29) is 12.5 Å². The molecule has 2 heterocycles. The molecule has 9 heteroatoms. The normalized spacial score (nSPS) is 28.7. The Morgan fingerprint density at radius 1 is 1.60 bits per heavy atom. The van der Waals surface area contributed by atoms with Crippen molar-refractivity contribution in [1.82, 2.24) is 9.55 Å². The number of rotatable bonds is 4. The Bertz CT molecular complexity index is 603. The van der Waals surface area contributed by atoms with E-state index in [9.17, 15) is 18.4 Å². The van der Waals surface area contributed by atoms with Crippen molar-refractivity contribution in [2.24, 2.45) is 0 Å². The van der Waals surface area contributed by atoms with Gasteiger partial charge in [-0.2, -0.15) is 0 Å². The van der Waals surface area contributed by atoms with Crippen LogP contribution in [0.3, 0.4) is 0 Å². The fourth-order valence-corrected chi connectivity index (χ4v) is 2.45. The predicted molar refractivity (Wildman–Crippen MR) is 66.3 cm³/mol. The highest BCUT2D eigenvalue weighted by Gasteiger charge is 2.58. The van der Waals surface area contributed by atoms with Gasteiger partial charge in [0.1, 0.15) is 5.60 Å². The Hall–Kier alpha value is -1.25. The minimum atomic E-state index is -3.31. The summed E-state index contributed by atoms with van der Waals surface area (Å²) in [5.41, 5.74) is -3.02. The van der Waals surface area contributed by atoms with Crippen LogP contribution in [0.2, 0.25) is 0 Å². The largest absolute Gasteiger partial charge is 0.382 e. The van der Waals surface area contributed by atoms with Crippen molar-refractivity contribution < 1.29 is 18.3 Å². The van der Waals surface area contributed by atoms with Crippen LogP contribution >= 0.6 is 11.6 Å². The van der Waals surface area contributed by atoms with Crippen molar-refractivity contribution in [3.05, 3.63) is 33.1 Å². The minimum Gasteiger partial charge on any atom is -0.382 e. The number of aromatic amines is 1. The average molecular weight is 311 g/mol.